The molecule has 0 radical (unpaired) electrons. The Labute approximate surface area is 137 Å². The van der Waals surface area contributed by atoms with Crippen LogP contribution in [0.1, 0.15) is 0 Å². The van der Waals surface area contributed by atoms with Crippen molar-refractivity contribution >= 4 is 34.7 Å². The van der Waals surface area contributed by atoms with Crippen molar-refractivity contribution in [1.82, 2.24) is 0 Å². The van der Waals surface area contributed by atoms with Crippen LogP contribution in [-0.2, 0) is 0 Å². The highest BCUT2D eigenvalue weighted by Gasteiger charge is 2.15. The van der Waals surface area contributed by atoms with Gasteiger partial charge in [0.2, 0.25) is 0 Å². The first-order chi connectivity index (χ1) is 10.6. The van der Waals surface area contributed by atoms with Crippen LogP contribution in [0.5, 0.6) is 0 Å². The molecule has 2 aromatic rings. The van der Waals surface area contributed by atoms with Crippen molar-refractivity contribution in [3.05, 3.63) is 58.6 Å². The summed E-state index contributed by atoms with van der Waals surface area (Å²) in [7, 11) is 0. The summed E-state index contributed by atoms with van der Waals surface area (Å²) in [6.45, 7) is 0.317. The highest BCUT2D eigenvalue weighted by Crippen LogP contribution is 2.38. The maximum absolute atomic E-state index is 11.1. The van der Waals surface area contributed by atoms with E-state index in [-0.39, 0.29) is 11.6 Å². The Morgan fingerprint density at radius 3 is 2.50 bits per heavy atom. The van der Waals surface area contributed by atoms with Crippen molar-refractivity contribution in [2.45, 2.75) is 15.9 Å². The van der Waals surface area contributed by atoms with Crippen LogP contribution in [0.4, 0.5) is 11.4 Å². The minimum atomic E-state index is -0.647. The Morgan fingerprint density at radius 1 is 1.18 bits per heavy atom. The van der Waals surface area contributed by atoms with Gasteiger partial charge in [0.1, 0.15) is 0 Å². The fourth-order valence-electron chi connectivity index (χ4n) is 1.80. The Morgan fingerprint density at radius 2 is 1.82 bits per heavy atom. The Bertz CT molecular complexity index is 654. The summed E-state index contributed by atoms with van der Waals surface area (Å²) >= 11 is 6.88. The van der Waals surface area contributed by atoms with Gasteiger partial charge in [0.25, 0.3) is 5.69 Å². The van der Waals surface area contributed by atoms with Gasteiger partial charge in [-0.1, -0.05) is 36.0 Å². The Kier molecular flexibility index (Phi) is 6.06. The predicted molar refractivity (Wildman–Crippen MR) is 88.9 cm³/mol. The van der Waals surface area contributed by atoms with Gasteiger partial charge in [-0.3, -0.25) is 10.1 Å². The fraction of sp³-hybridized carbons (Fsp3) is 0.200. The van der Waals surface area contributed by atoms with Crippen LogP contribution in [0.15, 0.2) is 58.3 Å². The van der Waals surface area contributed by atoms with Gasteiger partial charge in [-0.2, -0.15) is 0 Å². The van der Waals surface area contributed by atoms with Crippen LogP contribution in [0.25, 0.3) is 0 Å². The lowest BCUT2D eigenvalue weighted by Gasteiger charge is -2.13. The smallest absolute Gasteiger partial charge is 0.283 e. The van der Waals surface area contributed by atoms with E-state index >= 15 is 0 Å². The zero-order chi connectivity index (χ0) is 15.9. The van der Waals surface area contributed by atoms with Gasteiger partial charge in [0.15, 0.2) is 0 Å². The third-order valence-electron chi connectivity index (χ3n) is 2.88. The van der Waals surface area contributed by atoms with Crippen LogP contribution < -0.4 is 5.32 Å². The normalized spacial score (nSPS) is 11.9. The molecule has 1 unspecified atom stereocenters. The summed E-state index contributed by atoms with van der Waals surface area (Å²) in [5, 5.41) is 23.7. The molecule has 0 aromatic heterocycles. The van der Waals surface area contributed by atoms with Gasteiger partial charge >= 0.3 is 0 Å². The van der Waals surface area contributed by atoms with Crippen LogP contribution in [0.2, 0.25) is 0 Å². The van der Waals surface area contributed by atoms with Crippen molar-refractivity contribution in [2.75, 3.05) is 17.7 Å². The molecule has 7 heteroatoms. The first-order valence-electron chi connectivity index (χ1n) is 6.60. The molecule has 116 valence electrons. The Hall–Kier alpha value is -1.76. The average Bonchev–Trinajstić information content (AvgIpc) is 2.54. The molecular formula is C15H15ClN2O3S. The molecule has 0 saturated heterocycles. The van der Waals surface area contributed by atoms with Crippen molar-refractivity contribution in [1.29, 1.82) is 0 Å². The molecule has 1 atom stereocenters. The van der Waals surface area contributed by atoms with E-state index < -0.39 is 11.0 Å². The average molecular weight is 339 g/mol. The van der Waals surface area contributed by atoms with Crippen molar-refractivity contribution in [3.63, 3.8) is 0 Å². The van der Waals surface area contributed by atoms with Gasteiger partial charge in [-0.05, 0) is 18.2 Å². The minimum Gasteiger partial charge on any atom is -0.390 e. The number of aliphatic hydroxyl groups excluding tert-OH is 1. The number of para-hydroxylation sites is 2. The van der Waals surface area contributed by atoms with Gasteiger partial charge in [-0.15, -0.1) is 11.6 Å². The first kappa shape index (κ1) is 16.6. The molecule has 0 heterocycles. The van der Waals surface area contributed by atoms with Crippen LogP contribution in [0.3, 0.4) is 0 Å². The number of anilines is 1. The van der Waals surface area contributed by atoms with E-state index in [2.05, 4.69) is 5.32 Å². The van der Waals surface area contributed by atoms with Gasteiger partial charge in [0, 0.05) is 23.2 Å². The van der Waals surface area contributed by atoms with E-state index in [9.17, 15) is 15.2 Å². The molecule has 0 aliphatic rings. The zero-order valence-electron chi connectivity index (χ0n) is 11.6. The monoisotopic (exact) mass is 338 g/mol. The quantitative estimate of drug-likeness (QED) is 0.457. The van der Waals surface area contributed by atoms with E-state index in [1.807, 2.05) is 24.3 Å². The molecule has 0 aliphatic heterocycles. The number of nitrogens with zero attached hydrogens (tertiary/aromatic N) is 1. The van der Waals surface area contributed by atoms with Crippen LogP contribution in [-0.4, -0.2) is 28.6 Å². The molecule has 0 spiro atoms. The standard InChI is InChI=1S/C15H15ClN2O3S/c16-9-11(19)10-17-12-5-1-3-7-14(12)22-15-8-4-2-6-13(15)18(20)21/h1-8,11,17,19H,9-10H2. The van der Waals surface area contributed by atoms with Crippen molar-refractivity contribution in [2.24, 2.45) is 0 Å². The number of rotatable bonds is 7. The number of nitro benzene ring substituents is 1. The zero-order valence-corrected chi connectivity index (χ0v) is 13.2. The lowest BCUT2D eigenvalue weighted by Crippen LogP contribution is -2.20. The number of hydrogen-bond donors (Lipinski definition) is 2. The highest BCUT2D eigenvalue weighted by molar-refractivity contribution is 7.99. The van der Waals surface area contributed by atoms with E-state index in [0.717, 1.165) is 10.6 Å². The van der Waals surface area contributed by atoms with Crippen LogP contribution in [0, 0.1) is 10.1 Å². The molecule has 2 aromatic carbocycles. The molecular weight excluding hydrogens is 324 g/mol. The topological polar surface area (TPSA) is 75.4 Å². The third-order valence-corrected chi connectivity index (χ3v) is 4.37. The number of hydrogen-bond acceptors (Lipinski definition) is 5. The first-order valence-corrected chi connectivity index (χ1v) is 7.95. The fourth-order valence-corrected chi connectivity index (χ4v) is 2.93. The van der Waals surface area contributed by atoms with E-state index in [1.54, 1.807) is 18.2 Å². The SMILES string of the molecule is O=[N+]([O-])c1ccccc1Sc1ccccc1NCC(O)CCl. The largest absolute Gasteiger partial charge is 0.390 e. The lowest BCUT2D eigenvalue weighted by molar-refractivity contribution is -0.387. The van der Waals surface area contributed by atoms with Crippen LogP contribution >= 0.6 is 23.4 Å². The highest BCUT2D eigenvalue weighted by atomic mass is 35.5. The van der Waals surface area contributed by atoms with Gasteiger partial charge < -0.3 is 10.4 Å². The number of alkyl halides is 1. The van der Waals surface area contributed by atoms with Crippen molar-refractivity contribution < 1.29 is 10.0 Å². The summed E-state index contributed by atoms with van der Waals surface area (Å²) < 4.78 is 0. The number of nitro groups is 1. The summed E-state index contributed by atoms with van der Waals surface area (Å²) in [4.78, 5) is 12.1. The lowest BCUT2D eigenvalue weighted by atomic mass is 10.3. The molecule has 2 N–H and O–H groups in total. The van der Waals surface area contributed by atoms with E-state index in [4.69, 9.17) is 11.6 Å². The number of nitrogens with one attached hydrogen (secondary N) is 1. The van der Waals surface area contributed by atoms with E-state index in [0.29, 0.717) is 11.4 Å². The summed E-state index contributed by atoms with van der Waals surface area (Å²) in [6, 6.07) is 14.1. The summed E-state index contributed by atoms with van der Waals surface area (Å²) in [5.74, 6) is 0.145. The second-order valence-corrected chi connectivity index (χ2v) is 5.90. The minimum absolute atomic E-state index is 0.0723. The summed E-state index contributed by atoms with van der Waals surface area (Å²) in [6.07, 6.45) is -0.647. The maximum atomic E-state index is 11.1. The maximum Gasteiger partial charge on any atom is 0.283 e. The van der Waals surface area contributed by atoms with Gasteiger partial charge in [0.05, 0.1) is 21.8 Å². The molecule has 0 aliphatic carbocycles. The third kappa shape index (κ3) is 4.37. The number of benzene rings is 2. The molecule has 0 fully saturated rings. The molecule has 0 amide bonds. The Balaban J connectivity index is 2.21. The number of aliphatic hydroxyl groups is 1. The molecule has 22 heavy (non-hydrogen) atoms. The molecule has 0 bridgehead atoms. The van der Waals surface area contributed by atoms with Crippen molar-refractivity contribution in [3.8, 4) is 0 Å². The predicted octanol–water partition coefficient (Wildman–Crippen LogP) is 3.76. The second kappa shape index (κ2) is 8.03. The second-order valence-electron chi connectivity index (χ2n) is 4.51. The number of halogens is 1. The molecule has 5 nitrogen and oxygen atoms in total. The van der Waals surface area contributed by atoms with E-state index in [1.165, 1.54) is 17.8 Å². The van der Waals surface area contributed by atoms with Gasteiger partial charge in [-0.25, -0.2) is 0 Å². The molecule has 2 rings (SSSR count). The summed E-state index contributed by atoms with van der Waals surface area (Å²) in [5.41, 5.74) is 0.873. The molecule has 0 saturated carbocycles.